The zero-order valence-corrected chi connectivity index (χ0v) is 17.3. The van der Waals surface area contributed by atoms with Crippen molar-refractivity contribution in [3.8, 4) is 0 Å². The third kappa shape index (κ3) is 6.19. The molecule has 0 heterocycles. The van der Waals surface area contributed by atoms with Gasteiger partial charge in [-0.05, 0) is 52.7 Å². The van der Waals surface area contributed by atoms with Gasteiger partial charge >= 0.3 is 0 Å². The van der Waals surface area contributed by atoms with E-state index in [1.807, 2.05) is 11.1 Å². The van der Waals surface area contributed by atoms with Crippen LogP contribution < -0.4 is 0 Å². The first-order valence-corrected chi connectivity index (χ1v) is 8.70. The van der Waals surface area contributed by atoms with Crippen molar-refractivity contribution in [3.05, 3.63) is 12.8 Å². The van der Waals surface area contributed by atoms with Gasteiger partial charge in [0, 0.05) is 29.6 Å². The molecular formula is C20H40N2O. The zero-order valence-electron chi connectivity index (χ0n) is 17.3. The fourth-order valence-electron chi connectivity index (χ4n) is 2.50. The van der Waals surface area contributed by atoms with Crippen molar-refractivity contribution in [1.82, 2.24) is 9.80 Å². The van der Waals surface area contributed by atoms with Crippen LogP contribution in [-0.4, -0.2) is 40.4 Å². The molecule has 0 fully saturated rings. The highest BCUT2D eigenvalue weighted by Gasteiger charge is 2.43. The Hall–Kier alpha value is -0.990. The summed E-state index contributed by atoms with van der Waals surface area (Å²) in [5, 5.41) is 0. The number of rotatable bonds is 8. The maximum atomic E-state index is 11.8. The minimum absolute atomic E-state index is 0.0204. The molecular weight excluding hydrogens is 284 g/mol. The molecule has 136 valence electrons. The molecule has 23 heavy (non-hydrogen) atoms. The Morgan fingerprint density at radius 3 is 1.65 bits per heavy atom. The summed E-state index contributed by atoms with van der Waals surface area (Å²) in [5.41, 5.74) is -0.0770. The quantitative estimate of drug-likeness (QED) is 0.591. The standard InChI is InChI=1S/C20H40N2O/c1-12-21(18(5,6)7)15-19(8,9)20(10,11)22(16-23)14-13-17(2,3)4/h12,16H,1,13-15H2,2-11H3. The first kappa shape index (κ1) is 22.0. The fraction of sp³-hybridized carbons (Fsp3) is 0.850. The minimum atomic E-state index is -0.244. The van der Waals surface area contributed by atoms with E-state index in [9.17, 15) is 4.79 Å². The van der Waals surface area contributed by atoms with Crippen molar-refractivity contribution < 1.29 is 4.79 Å². The highest BCUT2D eigenvalue weighted by molar-refractivity contribution is 5.49. The number of amides is 1. The van der Waals surface area contributed by atoms with Crippen LogP contribution >= 0.6 is 0 Å². The molecule has 0 atom stereocenters. The first-order chi connectivity index (χ1) is 10.1. The van der Waals surface area contributed by atoms with Crippen LogP contribution in [-0.2, 0) is 4.79 Å². The Balaban J connectivity index is 5.32. The van der Waals surface area contributed by atoms with Gasteiger partial charge in [0.15, 0.2) is 0 Å². The van der Waals surface area contributed by atoms with E-state index in [4.69, 9.17) is 0 Å². The van der Waals surface area contributed by atoms with Gasteiger partial charge in [-0.1, -0.05) is 41.2 Å². The van der Waals surface area contributed by atoms with Crippen LogP contribution in [0.1, 0.15) is 75.7 Å². The molecule has 0 saturated carbocycles. The van der Waals surface area contributed by atoms with Gasteiger partial charge in [-0.3, -0.25) is 4.79 Å². The summed E-state index contributed by atoms with van der Waals surface area (Å²) in [7, 11) is 0. The summed E-state index contributed by atoms with van der Waals surface area (Å²) >= 11 is 0. The number of nitrogens with zero attached hydrogens (tertiary/aromatic N) is 2. The Kier molecular flexibility index (Phi) is 6.96. The van der Waals surface area contributed by atoms with Crippen LogP contribution in [0.3, 0.4) is 0 Å². The van der Waals surface area contributed by atoms with Gasteiger partial charge in [-0.2, -0.15) is 0 Å². The lowest BCUT2D eigenvalue weighted by Crippen LogP contribution is -2.58. The van der Waals surface area contributed by atoms with Crippen molar-refractivity contribution in [2.45, 2.75) is 86.7 Å². The Morgan fingerprint density at radius 1 is 0.870 bits per heavy atom. The summed E-state index contributed by atoms with van der Waals surface area (Å²) in [4.78, 5) is 16.0. The number of carbonyl (C=O) groups excluding carboxylic acids is 1. The lowest BCUT2D eigenvalue weighted by molar-refractivity contribution is -0.129. The molecule has 0 aliphatic carbocycles. The van der Waals surface area contributed by atoms with Crippen LogP contribution in [0.15, 0.2) is 12.8 Å². The second kappa shape index (κ2) is 7.27. The molecule has 3 heteroatoms. The van der Waals surface area contributed by atoms with Gasteiger partial charge in [-0.25, -0.2) is 0 Å². The number of hydrogen-bond donors (Lipinski definition) is 0. The monoisotopic (exact) mass is 324 g/mol. The molecule has 0 saturated heterocycles. The Labute approximate surface area is 145 Å². The molecule has 0 rings (SSSR count). The largest absolute Gasteiger partial charge is 0.373 e. The lowest BCUT2D eigenvalue weighted by atomic mass is 9.72. The summed E-state index contributed by atoms with van der Waals surface area (Å²) in [6, 6.07) is 0. The average molecular weight is 325 g/mol. The number of carbonyl (C=O) groups is 1. The lowest BCUT2D eigenvalue weighted by Gasteiger charge is -2.51. The van der Waals surface area contributed by atoms with E-state index < -0.39 is 0 Å². The predicted octanol–water partition coefficient (Wildman–Crippen LogP) is 4.93. The maximum absolute atomic E-state index is 11.8. The Bertz CT molecular complexity index is 397. The SMILES string of the molecule is C=CN(CC(C)(C)C(C)(C)N(C=O)CCC(C)(C)C)C(C)(C)C. The van der Waals surface area contributed by atoms with Crippen LogP contribution in [0.2, 0.25) is 0 Å². The third-order valence-corrected chi connectivity index (χ3v) is 5.25. The van der Waals surface area contributed by atoms with Gasteiger partial charge in [0.1, 0.15) is 0 Å². The molecule has 0 N–H and O–H groups in total. The minimum Gasteiger partial charge on any atom is -0.373 e. The van der Waals surface area contributed by atoms with Gasteiger partial charge in [-0.15, -0.1) is 0 Å². The second-order valence-corrected chi connectivity index (χ2v) is 10.0. The topological polar surface area (TPSA) is 23.6 Å². The third-order valence-electron chi connectivity index (χ3n) is 5.25. The van der Waals surface area contributed by atoms with Crippen molar-refractivity contribution in [1.29, 1.82) is 0 Å². The zero-order chi connectivity index (χ0) is 18.7. The smallest absolute Gasteiger partial charge is 0.210 e. The highest BCUT2D eigenvalue weighted by Crippen LogP contribution is 2.38. The van der Waals surface area contributed by atoms with Gasteiger partial charge in [0.25, 0.3) is 0 Å². The maximum Gasteiger partial charge on any atom is 0.210 e. The summed E-state index contributed by atoms with van der Waals surface area (Å²) < 4.78 is 0. The molecule has 3 nitrogen and oxygen atoms in total. The van der Waals surface area contributed by atoms with E-state index >= 15 is 0 Å². The molecule has 0 aliphatic rings. The predicted molar refractivity (Wildman–Crippen MR) is 101 cm³/mol. The molecule has 1 amide bonds. The Morgan fingerprint density at radius 2 is 1.35 bits per heavy atom. The van der Waals surface area contributed by atoms with E-state index in [-0.39, 0.29) is 21.9 Å². The van der Waals surface area contributed by atoms with Crippen LogP contribution in [0, 0.1) is 10.8 Å². The molecule has 0 spiro atoms. The number of hydrogen-bond acceptors (Lipinski definition) is 2. The molecule has 0 aliphatic heterocycles. The van der Waals surface area contributed by atoms with Crippen molar-refractivity contribution in [2.75, 3.05) is 13.1 Å². The summed E-state index contributed by atoms with van der Waals surface area (Å²) in [6.07, 6.45) is 3.93. The van der Waals surface area contributed by atoms with E-state index in [0.717, 1.165) is 25.9 Å². The van der Waals surface area contributed by atoms with Crippen LogP contribution in [0.25, 0.3) is 0 Å². The highest BCUT2D eigenvalue weighted by atomic mass is 16.1. The van der Waals surface area contributed by atoms with Crippen molar-refractivity contribution in [2.24, 2.45) is 10.8 Å². The second-order valence-electron chi connectivity index (χ2n) is 10.0. The summed E-state index contributed by atoms with van der Waals surface area (Å²) in [6.45, 7) is 27.7. The van der Waals surface area contributed by atoms with E-state index in [1.165, 1.54) is 0 Å². The fourth-order valence-corrected chi connectivity index (χ4v) is 2.50. The van der Waals surface area contributed by atoms with Crippen LogP contribution in [0.5, 0.6) is 0 Å². The average Bonchev–Trinajstić information content (AvgIpc) is 2.33. The van der Waals surface area contributed by atoms with Gasteiger partial charge in [0.05, 0.1) is 0 Å². The normalized spacial score (nSPS) is 13.7. The molecule has 0 radical (unpaired) electrons. The van der Waals surface area contributed by atoms with Gasteiger partial charge < -0.3 is 9.80 Å². The molecule has 0 unspecified atom stereocenters. The molecule has 0 aromatic rings. The van der Waals surface area contributed by atoms with Gasteiger partial charge in [0.2, 0.25) is 6.41 Å². The van der Waals surface area contributed by atoms with Crippen LogP contribution in [0.4, 0.5) is 0 Å². The van der Waals surface area contributed by atoms with Crippen molar-refractivity contribution >= 4 is 6.41 Å². The molecule has 0 bridgehead atoms. The van der Waals surface area contributed by atoms with E-state index in [1.54, 1.807) is 0 Å². The first-order valence-electron chi connectivity index (χ1n) is 8.70. The van der Waals surface area contributed by atoms with Crippen molar-refractivity contribution in [3.63, 3.8) is 0 Å². The van der Waals surface area contributed by atoms with E-state index in [2.05, 4.69) is 80.7 Å². The molecule has 0 aromatic heterocycles. The molecule has 0 aromatic carbocycles. The summed E-state index contributed by atoms with van der Waals surface area (Å²) in [5.74, 6) is 0. The van der Waals surface area contributed by atoms with E-state index in [0.29, 0.717) is 0 Å².